The largest absolute Gasteiger partial charge is 0.347 e. The molecular formula is C22H23ClFN3O2. The molecule has 1 aromatic heterocycles. The zero-order valence-corrected chi connectivity index (χ0v) is 16.7. The molecule has 3 atom stereocenters. The maximum atomic E-state index is 13.3. The second-order valence-electron chi connectivity index (χ2n) is 7.24. The molecule has 5 nitrogen and oxygen atoms in total. The second-order valence-corrected chi connectivity index (χ2v) is 7.68. The van der Waals surface area contributed by atoms with Gasteiger partial charge in [-0.1, -0.05) is 35.9 Å². The third-order valence-corrected chi connectivity index (χ3v) is 5.31. The molecule has 1 unspecified atom stereocenters. The van der Waals surface area contributed by atoms with Gasteiger partial charge in [0.05, 0.1) is 18.8 Å². The van der Waals surface area contributed by atoms with Gasteiger partial charge in [-0.25, -0.2) is 9.37 Å². The van der Waals surface area contributed by atoms with E-state index in [9.17, 15) is 4.39 Å². The monoisotopic (exact) mass is 415 g/mol. The van der Waals surface area contributed by atoms with Crippen LogP contribution in [0.1, 0.15) is 36.5 Å². The summed E-state index contributed by atoms with van der Waals surface area (Å²) in [6.07, 6.45) is 6.17. The Morgan fingerprint density at radius 1 is 1.14 bits per heavy atom. The van der Waals surface area contributed by atoms with E-state index in [2.05, 4.69) is 10.1 Å². The minimum atomic E-state index is -0.307. The van der Waals surface area contributed by atoms with Crippen LogP contribution in [-0.2, 0) is 22.4 Å². The molecule has 152 valence electrons. The average molecular weight is 416 g/mol. The molecule has 3 aromatic rings. The van der Waals surface area contributed by atoms with E-state index in [1.807, 2.05) is 24.3 Å². The summed E-state index contributed by atoms with van der Waals surface area (Å²) in [4.78, 5) is 3.98. The van der Waals surface area contributed by atoms with Crippen molar-refractivity contribution in [3.63, 3.8) is 0 Å². The average Bonchev–Trinajstić information content (AvgIpc) is 3.23. The second kappa shape index (κ2) is 9.48. The first-order chi connectivity index (χ1) is 14.2. The van der Waals surface area contributed by atoms with Gasteiger partial charge in [0.1, 0.15) is 18.5 Å². The van der Waals surface area contributed by atoms with Crippen LogP contribution >= 0.6 is 11.6 Å². The summed E-state index contributed by atoms with van der Waals surface area (Å²) in [6, 6.07) is 14.2. The Morgan fingerprint density at radius 3 is 2.66 bits per heavy atom. The number of halogens is 2. The molecule has 0 saturated carbocycles. The van der Waals surface area contributed by atoms with Crippen molar-refractivity contribution in [3.05, 3.63) is 83.2 Å². The van der Waals surface area contributed by atoms with Crippen molar-refractivity contribution in [1.29, 1.82) is 0 Å². The van der Waals surface area contributed by atoms with E-state index >= 15 is 0 Å². The van der Waals surface area contributed by atoms with Crippen LogP contribution in [0, 0.1) is 5.82 Å². The molecule has 0 aliphatic carbocycles. The van der Waals surface area contributed by atoms with Crippen LogP contribution in [-0.4, -0.2) is 27.2 Å². The Balaban J connectivity index is 1.46. The summed E-state index contributed by atoms with van der Waals surface area (Å²) in [6.45, 7) is 0.656. The predicted octanol–water partition coefficient (Wildman–Crippen LogP) is 4.97. The Bertz CT molecular complexity index is 887. The van der Waals surface area contributed by atoms with Gasteiger partial charge in [-0.15, -0.1) is 0 Å². The van der Waals surface area contributed by atoms with Crippen LogP contribution in [0.5, 0.6) is 0 Å². The smallest absolute Gasteiger partial charge is 0.158 e. The predicted molar refractivity (Wildman–Crippen MR) is 108 cm³/mol. The Kier molecular flexibility index (Phi) is 6.54. The van der Waals surface area contributed by atoms with Gasteiger partial charge < -0.3 is 9.47 Å². The number of rotatable bonds is 7. The summed E-state index contributed by atoms with van der Waals surface area (Å²) in [5, 5.41) is 4.83. The molecule has 1 fully saturated rings. The van der Waals surface area contributed by atoms with Crippen molar-refractivity contribution in [2.75, 3.05) is 0 Å². The van der Waals surface area contributed by atoms with Crippen molar-refractivity contribution in [2.45, 2.75) is 50.7 Å². The van der Waals surface area contributed by atoms with E-state index in [0.717, 1.165) is 30.4 Å². The summed E-state index contributed by atoms with van der Waals surface area (Å²) >= 11 is 6.05. The van der Waals surface area contributed by atoms with Crippen LogP contribution in [0.2, 0.25) is 5.02 Å². The zero-order valence-electron chi connectivity index (χ0n) is 16.0. The minimum Gasteiger partial charge on any atom is -0.347 e. The maximum Gasteiger partial charge on any atom is 0.158 e. The lowest BCUT2D eigenvalue weighted by Gasteiger charge is -2.32. The number of nitrogens with zero attached hydrogens (tertiary/aromatic N) is 3. The quantitative estimate of drug-likeness (QED) is 0.546. The van der Waals surface area contributed by atoms with Crippen molar-refractivity contribution >= 4 is 11.6 Å². The summed E-state index contributed by atoms with van der Waals surface area (Å²) in [7, 11) is 0. The lowest BCUT2D eigenvalue weighted by molar-refractivity contribution is -0.219. The molecule has 7 heteroatoms. The van der Waals surface area contributed by atoms with Gasteiger partial charge in [-0.3, -0.25) is 4.68 Å². The summed E-state index contributed by atoms with van der Waals surface area (Å²) in [5.74, 6) is -0.246. The molecule has 0 N–H and O–H groups in total. The van der Waals surface area contributed by atoms with Gasteiger partial charge in [0.15, 0.2) is 6.29 Å². The summed E-state index contributed by atoms with van der Waals surface area (Å²) in [5.41, 5.74) is 2.02. The number of aromatic nitrogens is 3. The van der Waals surface area contributed by atoms with Gasteiger partial charge in [0, 0.05) is 11.4 Å². The Hall–Kier alpha value is -2.28. The van der Waals surface area contributed by atoms with Crippen molar-refractivity contribution in [1.82, 2.24) is 14.8 Å². The number of ether oxygens (including phenoxy) is 2. The highest BCUT2D eigenvalue weighted by atomic mass is 35.5. The lowest BCUT2D eigenvalue weighted by Crippen LogP contribution is -2.34. The molecule has 2 aromatic carbocycles. The van der Waals surface area contributed by atoms with Crippen LogP contribution < -0.4 is 0 Å². The molecule has 1 aliphatic heterocycles. The molecule has 1 aliphatic rings. The van der Waals surface area contributed by atoms with Crippen LogP contribution in [0.15, 0.2) is 61.2 Å². The molecular weight excluding hydrogens is 393 g/mol. The molecule has 29 heavy (non-hydrogen) atoms. The highest BCUT2D eigenvalue weighted by Crippen LogP contribution is 2.30. The van der Waals surface area contributed by atoms with E-state index in [1.165, 1.54) is 18.5 Å². The molecule has 0 bridgehead atoms. The maximum absolute atomic E-state index is 13.3. The molecule has 0 radical (unpaired) electrons. The first kappa shape index (κ1) is 20.0. The standard InChI is InChI=1S/C22H23ClFN3O2/c23-18-8-6-17(7-9-18)21(12-16-4-10-19(24)11-5-16)29-22-3-1-2-20(28-22)13-27-15-25-14-26-27/h4-11,14-15,20-22H,1-3,12-13H2/t20-,21?,22+/m1/s1. The van der Waals surface area contributed by atoms with Crippen LogP contribution in [0.3, 0.4) is 0 Å². The summed E-state index contributed by atoms with van der Waals surface area (Å²) < 4.78 is 27.7. The first-order valence-electron chi connectivity index (χ1n) is 9.79. The molecule has 0 amide bonds. The third-order valence-electron chi connectivity index (χ3n) is 5.06. The molecule has 2 heterocycles. The van der Waals surface area contributed by atoms with Gasteiger partial charge in [-0.2, -0.15) is 5.10 Å². The fourth-order valence-electron chi connectivity index (χ4n) is 3.57. The highest BCUT2D eigenvalue weighted by molar-refractivity contribution is 6.30. The van der Waals surface area contributed by atoms with Crippen molar-refractivity contribution < 1.29 is 13.9 Å². The van der Waals surface area contributed by atoms with Gasteiger partial charge >= 0.3 is 0 Å². The van der Waals surface area contributed by atoms with Gasteiger partial charge in [0.25, 0.3) is 0 Å². The van der Waals surface area contributed by atoms with Gasteiger partial charge in [0.2, 0.25) is 0 Å². The molecule has 0 spiro atoms. The number of hydrogen-bond acceptors (Lipinski definition) is 4. The zero-order chi connectivity index (χ0) is 20.1. The minimum absolute atomic E-state index is 0.0344. The van der Waals surface area contributed by atoms with Crippen LogP contribution in [0.4, 0.5) is 4.39 Å². The Morgan fingerprint density at radius 2 is 1.93 bits per heavy atom. The van der Waals surface area contributed by atoms with E-state index in [1.54, 1.807) is 23.1 Å². The van der Waals surface area contributed by atoms with E-state index in [0.29, 0.717) is 18.0 Å². The number of hydrogen-bond donors (Lipinski definition) is 0. The van der Waals surface area contributed by atoms with Crippen LogP contribution in [0.25, 0.3) is 0 Å². The highest BCUT2D eigenvalue weighted by Gasteiger charge is 2.27. The van der Waals surface area contributed by atoms with E-state index in [-0.39, 0.29) is 24.3 Å². The number of benzene rings is 2. The SMILES string of the molecule is Fc1ccc(CC(O[C@H]2CCC[C@H](Cn3cncn3)O2)c2ccc(Cl)cc2)cc1. The molecule has 1 saturated heterocycles. The molecule has 4 rings (SSSR count). The van der Waals surface area contributed by atoms with Crippen molar-refractivity contribution in [3.8, 4) is 0 Å². The lowest BCUT2D eigenvalue weighted by atomic mass is 10.0. The Labute approximate surface area is 174 Å². The van der Waals surface area contributed by atoms with Crippen molar-refractivity contribution in [2.24, 2.45) is 0 Å². The van der Waals surface area contributed by atoms with Gasteiger partial charge in [-0.05, 0) is 54.7 Å². The van der Waals surface area contributed by atoms with E-state index in [4.69, 9.17) is 21.1 Å². The first-order valence-corrected chi connectivity index (χ1v) is 10.2. The van der Waals surface area contributed by atoms with E-state index < -0.39 is 0 Å². The fraction of sp³-hybridized carbons (Fsp3) is 0.364. The normalized spacial score (nSPS) is 20.5. The topological polar surface area (TPSA) is 49.2 Å². The third kappa shape index (κ3) is 5.63. The fourth-order valence-corrected chi connectivity index (χ4v) is 3.70.